The predicted molar refractivity (Wildman–Crippen MR) is 76.3 cm³/mol. The summed E-state index contributed by atoms with van der Waals surface area (Å²) in [5.41, 5.74) is 1.49. The first-order valence-electron chi connectivity index (χ1n) is 6.73. The Bertz CT molecular complexity index is 446. The van der Waals surface area contributed by atoms with Crippen LogP contribution in [-0.4, -0.2) is 22.5 Å². The number of aromatic nitrogens is 1. The standard InChI is InChI=1S/C14H23N3O2/c1-6-15-11(5)14(9(2)3)12-7-8-13(17(18)19)10(4)16-12/h7-9,11,14-15H,6H2,1-5H3. The molecule has 5 heteroatoms. The Hall–Kier alpha value is -1.49. The van der Waals surface area contributed by atoms with Gasteiger partial charge in [0.2, 0.25) is 0 Å². The molecule has 2 atom stereocenters. The maximum Gasteiger partial charge on any atom is 0.290 e. The second-order valence-electron chi connectivity index (χ2n) is 5.21. The van der Waals surface area contributed by atoms with E-state index in [0.29, 0.717) is 17.7 Å². The smallest absolute Gasteiger partial charge is 0.290 e. The van der Waals surface area contributed by atoms with Gasteiger partial charge in [0, 0.05) is 23.7 Å². The second kappa shape index (κ2) is 6.61. The molecule has 0 aliphatic heterocycles. The predicted octanol–water partition coefficient (Wildman–Crippen LogP) is 3.04. The van der Waals surface area contributed by atoms with Gasteiger partial charge in [-0.15, -0.1) is 0 Å². The van der Waals surface area contributed by atoms with E-state index in [1.165, 1.54) is 0 Å². The largest absolute Gasteiger partial charge is 0.314 e. The lowest BCUT2D eigenvalue weighted by Gasteiger charge is -2.27. The molecule has 0 aliphatic rings. The lowest BCUT2D eigenvalue weighted by molar-refractivity contribution is -0.385. The SMILES string of the molecule is CCNC(C)C(c1ccc([N+](=O)[O-])c(C)n1)C(C)C. The number of rotatable bonds is 6. The van der Waals surface area contributed by atoms with Gasteiger partial charge in [-0.1, -0.05) is 20.8 Å². The van der Waals surface area contributed by atoms with Crippen molar-refractivity contribution >= 4 is 5.69 Å². The molecule has 106 valence electrons. The third-order valence-electron chi connectivity index (χ3n) is 3.40. The Morgan fingerprint density at radius 2 is 2.00 bits per heavy atom. The normalized spacial score (nSPS) is 14.4. The Morgan fingerprint density at radius 3 is 2.42 bits per heavy atom. The van der Waals surface area contributed by atoms with E-state index < -0.39 is 0 Å². The number of nitrogens with zero attached hydrogens (tertiary/aromatic N) is 2. The summed E-state index contributed by atoms with van der Waals surface area (Å²) in [7, 11) is 0. The summed E-state index contributed by atoms with van der Waals surface area (Å²) in [4.78, 5) is 14.9. The maximum absolute atomic E-state index is 10.8. The summed E-state index contributed by atoms with van der Waals surface area (Å²) in [5.74, 6) is 0.668. The van der Waals surface area contributed by atoms with Crippen molar-refractivity contribution < 1.29 is 4.92 Å². The summed E-state index contributed by atoms with van der Waals surface area (Å²) >= 11 is 0. The molecule has 1 aromatic heterocycles. The minimum absolute atomic E-state index is 0.0855. The van der Waals surface area contributed by atoms with E-state index >= 15 is 0 Å². The number of pyridine rings is 1. The molecule has 1 aromatic rings. The third-order valence-corrected chi connectivity index (χ3v) is 3.40. The van der Waals surface area contributed by atoms with Crippen molar-refractivity contribution in [2.75, 3.05) is 6.54 Å². The van der Waals surface area contributed by atoms with Crippen LogP contribution in [0.2, 0.25) is 0 Å². The Balaban J connectivity index is 3.10. The Morgan fingerprint density at radius 1 is 1.37 bits per heavy atom. The van der Waals surface area contributed by atoms with E-state index in [2.05, 4.69) is 38.0 Å². The van der Waals surface area contributed by atoms with Gasteiger partial charge in [-0.05, 0) is 32.4 Å². The van der Waals surface area contributed by atoms with E-state index in [-0.39, 0.29) is 16.5 Å². The van der Waals surface area contributed by atoms with E-state index in [1.54, 1.807) is 19.1 Å². The number of aryl methyl sites for hydroxylation is 1. The number of nitrogens with one attached hydrogen (secondary N) is 1. The van der Waals surface area contributed by atoms with E-state index in [4.69, 9.17) is 0 Å². The van der Waals surface area contributed by atoms with Crippen molar-refractivity contribution in [3.8, 4) is 0 Å². The molecule has 1 N–H and O–H groups in total. The van der Waals surface area contributed by atoms with Crippen LogP contribution in [0.15, 0.2) is 12.1 Å². The van der Waals surface area contributed by atoms with Crippen molar-refractivity contribution in [3.05, 3.63) is 33.6 Å². The van der Waals surface area contributed by atoms with Crippen LogP contribution in [0.4, 0.5) is 5.69 Å². The van der Waals surface area contributed by atoms with Gasteiger partial charge in [-0.3, -0.25) is 15.1 Å². The molecular formula is C14H23N3O2. The maximum atomic E-state index is 10.8. The first-order chi connectivity index (χ1) is 8.88. The molecule has 0 saturated heterocycles. The fraction of sp³-hybridized carbons (Fsp3) is 0.643. The zero-order valence-electron chi connectivity index (χ0n) is 12.3. The summed E-state index contributed by atoms with van der Waals surface area (Å²) in [6.45, 7) is 11.1. The van der Waals surface area contributed by atoms with Gasteiger partial charge in [0.15, 0.2) is 0 Å². The molecule has 1 rings (SSSR count). The molecule has 0 fully saturated rings. The summed E-state index contributed by atoms with van der Waals surface area (Å²) in [6, 6.07) is 3.63. The third kappa shape index (κ3) is 3.73. The van der Waals surface area contributed by atoms with Gasteiger partial charge in [0.05, 0.1) is 4.92 Å². The van der Waals surface area contributed by atoms with Gasteiger partial charge >= 0.3 is 0 Å². The highest BCUT2D eigenvalue weighted by Gasteiger charge is 2.25. The van der Waals surface area contributed by atoms with Crippen LogP contribution in [0.25, 0.3) is 0 Å². The molecule has 0 saturated carbocycles. The molecule has 0 aliphatic carbocycles. The van der Waals surface area contributed by atoms with Crippen molar-refractivity contribution in [1.82, 2.24) is 10.3 Å². The first kappa shape index (κ1) is 15.6. The van der Waals surface area contributed by atoms with Crippen LogP contribution in [0.5, 0.6) is 0 Å². The lowest BCUT2D eigenvalue weighted by atomic mass is 9.86. The number of likely N-dealkylation sites (N-methyl/N-ethyl adjacent to an activating group) is 1. The number of nitro groups is 1. The minimum atomic E-state index is -0.385. The fourth-order valence-electron chi connectivity index (χ4n) is 2.58. The minimum Gasteiger partial charge on any atom is -0.314 e. The quantitative estimate of drug-likeness (QED) is 0.634. The average Bonchev–Trinajstić information content (AvgIpc) is 2.28. The van der Waals surface area contributed by atoms with Crippen molar-refractivity contribution in [3.63, 3.8) is 0 Å². The molecule has 5 nitrogen and oxygen atoms in total. The molecule has 0 amide bonds. The van der Waals surface area contributed by atoms with Crippen LogP contribution in [-0.2, 0) is 0 Å². The van der Waals surface area contributed by atoms with Gasteiger partial charge in [-0.25, -0.2) is 0 Å². The molecule has 1 heterocycles. The summed E-state index contributed by atoms with van der Waals surface area (Å²) in [6.07, 6.45) is 0. The average molecular weight is 265 g/mol. The fourth-order valence-corrected chi connectivity index (χ4v) is 2.58. The van der Waals surface area contributed by atoms with Gasteiger partial charge < -0.3 is 5.32 Å². The number of hydrogen-bond acceptors (Lipinski definition) is 4. The monoisotopic (exact) mass is 265 g/mol. The molecule has 0 radical (unpaired) electrons. The molecule has 0 spiro atoms. The van der Waals surface area contributed by atoms with Crippen molar-refractivity contribution in [2.45, 2.75) is 46.6 Å². The zero-order chi connectivity index (χ0) is 14.6. The highest BCUT2D eigenvalue weighted by molar-refractivity contribution is 5.36. The van der Waals surface area contributed by atoms with E-state index in [1.807, 2.05) is 0 Å². The molecule has 0 aromatic carbocycles. The highest BCUT2D eigenvalue weighted by Crippen LogP contribution is 2.28. The van der Waals surface area contributed by atoms with E-state index in [9.17, 15) is 10.1 Å². The molecule has 2 unspecified atom stereocenters. The van der Waals surface area contributed by atoms with Crippen LogP contribution < -0.4 is 5.32 Å². The lowest BCUT2D eigenvalue weighted by Crippen LogP contribution is -2.35. The summed E-state index contributed by atoms with van der Waals surface area (Å²) in [5, 5.41) is 14.2. The number of hydrogen-bond donors (Lipinski definition) is 1. The molecule has 0 bridgehead atoms. The van der Waals surface area contributed by atoms with Crippen LogP contribution >= 0.6 is 0 Å². The van der Waals surface area contributed by atoms with Gasteiger partial charge in [0.1, 0.15) is 5.69 Å². The summed E-state index contributed by atoms with van der Waals surface area (Å²) < 4.78 is 0. The molecular weight excluding hydrogens is 242 g/mol. The van der Waals surface area contributed by atoms with Crippen LogP contribution in [0.3, 0.4) is 0 Å². The zero-order valence-corrected chi connectivity index (χ0v) is 12.3. The highest BCUT2D eigenvalue weighted by atomic mass is 16.6. The van der Waals surface area contributed by atoms with Crippen LogP contribution in [0.1, 0.15) is 45.0 Å². The van der Waals surface area contributed by atoms with Gasteiger partial charge in [-0.2, -0.15) is 0 Å². The van der Waals surface area contributed by atoms with Crippen molar-refractivity contribution in [1.29, 1.82) is 0 Å². The second-order valence-corrected chi connectivity index (χ2v) is 5.21. The van der Waals surface area contributed by atoms with Gasteiger partial charge in [0.25, 0.3) is 5.69 Å². The topological polar surface area (TPSA) is 68.1 Å². The van der Waals surface area contributed by atoms with Crippen LogP contribution in [0, 0.1) is 23.0 Å². The molecule has 19 heavy (non-hydrogen) atoms. The Labute approximate surface area is 114 Å². The Kier molecular flexibility index (Phi) is 5.42. The van der Waals surface area contributed by atoms with Crippen molar-refractivity contribution in [2.24, 2.45) is 5.92 Å². The van der Waals surface area contributed by atoms with E-state index in [0.717, 1.165) is 12.2 Å². The first-order valence-corrected chi connectivity index (χ1v) is 6.73.